The number of rotatable bonds is 3. The molecule has 0 aliphatic carbocycles. The molecule has 0 fully saturated rings. The van der Waals surface area contributed by atoms with Crippen molar-refractivity contribution in [2.24, 2.45) is 0 Å². The average Bonchev–Trinajstić information content (AvgIpc) is 2.77. The third-order valence-electron chi connectivity index (χ3n) is 2.68. The number of aromatic nitrogens is 2. The van der Waals surface area contributed by atoms with Gasteiger partial charge in [-0.15, -0.1) is 0 Å². The highest BCUT2D eigenvalue weighted by atomic mass is 32.2. The maximum Gasteiger partial charge on any atom is 0.178 e. The van der Waals surface area contributed by atoms with Crippen molar-refractivity contribution in [2.75, 3.05) is 6.26 Å². The fourth-order valence-electron chi connectivity index (χ4n) is 1.70. The maximum atomic E-state index is 11.4. The third kappa shape index (κ3) is 2.44. The first-order valence-electron chi connectivity index (χ1n) is 5.37. The minimum atomic E-state index is -3.24. The van der Waals surface area contributed by atoms with E-state index in [1.54, 1.807) is 12.1 Å². The molecule has 0 aliphatic rings. The Morgan fingerprint density at radius 3 is 2.61 bits per heavy atom. The first-order chi connectivity index (χ1) is 8.41. The van der Waals surface area contributed by atoms with E-state index in [1.165, 1.54) is 17.1 Å². The zero-order valence-electron chi connectivity index (χ0n) is 10.2. The summed E-state index contributed by atoms with van der Waals surface area (Å²) in [4.78, 5) is 0.188. The van der Waals surface area contributed by atoms with Gasteiger partial charge in [0.05, 0.1) is 18.5 Å². The van der Waals surface area contributed by atoms with Gasteiger partial charge in [0.15, 0.2) is 9.84 Å². The molecule has 0 saturated heterocycles. The molecule has 6 heteroatoms. The van der Waals surface area contributed by atoms with Gasteiger partial charge in [0.2, 0.25) is 0 Å². The molecule has 0 unspecified atom stereocenters. The van der Waals surface area contributed by atoms with Crippen LogP contribution in [0.25, 0.3) is 5.69 Å². The van der Waals surface area contributed by atoms with Crippen LogP contribution in [0.3, 0.4) is 0 Å². The SMILES string of the molecule is Cc1cc(CO)ccc1-n1cc(S(C)(=O)=O)cn1. The largest absolute Gasteiger partial charge is 0.392 e. The number of aliphatic hydroxyl groups excluding tert-OH is 1. The maximum absolute atomic E-state index is 11.4. The van der Waals surface area contributed by atoms with Crippen LogP contribution < -0.4 is 0 Å². The molecule has 0 radical (unpaired) electrons. The standard InChI is InChI=1S/C12H14N2O3S/c1-9-5-10(8-15)3-4-12(9)14-7-11(6-13-14)18(2,16)17/h3-7,15H,8H2,1-2H3. The van der Waals surface area contributed by atoms with Gasteiger partial charge in [0.25, 0.3) is 0 Å². The van der Waals surface area contributed by atoms with Crippen LogP contribution in [-0.2, 0) is 16.4 Å². The summed E-state index contributed by atoms with van der Waals surface area (Å²) in [5.74, 6) is 0. The van der Waals surface area contributed by atoms with Crippen molar-refractivity contribution in [1.82, 2.24) is 9.78 Å². The van der Waals surface area contributed by atoms with Crippen LogP contribution in [0, 0.1) is 6.92 Å². The van der Waals surface area contributed by atoms with Gasteiger partial charge in [0, 0.05) is 12.5 Å². The van der Waals surface area contributed by atoms with Crippen LogP contribution in [0.2, 0.25) is 0 Å². The topological polar surface area (TPSA) is 72.2 Å². The molecule has 96 valence electrons. The number of sulfone groups is 1. The molecule has 0 amide bonds. The Hall–Kier alpha value is -1.66. The molecule has 1 aromatic carbocycles. The molecular formula is C12H14N2O3S. The summed E-state index contributed by atoms with van der Waals surface area (Å²) in [6, 6.07) is 5.43. The fourth-order valence-corrected chi connectivity index (χ4v) is 2.23. The van der Waals surface area contributed by atoms with Gasteiger partial charge < -0.3 is 5.11 Å². The van der Waals surface area contributed by atoms with E-state index in [9.17, 15) is 8.42 Å². The Morgan fingerprint density at radius 1 is 1.39 bits per heavy atom. The van der Waals surface area contributed by atoms with Crippen LogP contribution in [0.15, 0.2) is 35.5 Å². The number of hydrogen-bond donors (Lipinski definition) is 1. The molecular weight excluding hydrogens is 252 g/mol. The third-order valence-corrected chi connectivity index (χ3v) is 3.74. The Bertz CT molecular complexity index is 674. The van der Waals surface area contributed by atoms with Gasteiger partial charge in [0.1, 0.15) is 4.90 Å². The van der Waals surface area contributed by atoms with Gasteiger partial charge in [-0.3, -0.25) is 0 Å². The lowest BCUT2D eigenvalue weighted by atomic mass is 10.1. The van der Waals surface area contributed by atoms with Gasteiger partial charge in [-0.1, -0.05) is 12.1 Å². The van der Waals surface area contributed by atoms with Gasteiger partial charge >= 0.3 is 0 Å². The summed E-state index contributed by atoms with van der Waals surface area (Å²) in [6.07, 6.45) is 3.96. The lowest BCUT2D eigenvalue weighted by Crippen LogP contribution is -1.99. The van der Waals surface area contributed by atoms with Crippen LogP contribution in [0.4, 0.5) is 0 Å². The molecule has 2 rings (SSSR count). The molecule has 0 bridgehead atoms. The molecule has 2 aromatic rings. The molecule has 18 heavy (non-hydrogen) atoms. The summed E-state index contributed by atoms with van der Waals surface area (Å²) in [6.45, 7) is 1.87. The van der Waals surface area contributed by atoms with Gasteiger partial charge in [-0.25, -0.2) is 13.1 Å². The van der Waals surface area contributed by atoms with Crippen molar-refractivity contribution in [3.63, 3.8) is 0 Å². The van der Waals surface area contributed by atoms with E-state index in [0.29, 0.717) is 0 Å². The lowest BCUT2D eigenvalue weighted by Gasteiger charge is -2.07. The molecule has 1 aromatic heterocycles. The average molecular weight is 266 g/mol. The summed E-state index contributed by atoms with van der Waals surface area (Å²) >= 11 is 0. The minimum Gasteiger partial charge on any atom is -0.392 e. The van der Waals surface area contributed by atoms with E-state index < -0.39 is 9.84 Å². The Balaban J connectivity index is 2.47. The second-order valence-electron chi connectivity index (χ2n) is 4.17. The first-order valence-corrected chi connectivity index (χ1v) is 7.26. The van der Waals surface area contributed by atoms with Crippen LogP contribution in [0.1, 0.15) is 11.1 Å². The Labute approximate surface area is 106 Å². The summed E-state index contributed by atoms with van der Waals surface area (Å²) in [7, 11) is -3.24. The highest BCUT2D eigenvalue weighted by Crippen LogP contribution is 2.17. The van der Waals surface area contributed by atoms with E-state index in [1.807, 2.05) is 13.0 Å². The zero-order chi connectivity index (χ0) is 13.3. The Kier molecular flexibility index (Phi) is 3.23. The smallest absolute Gasteiger partial charge is 0.178 e. The molecule has 0 saturated carbocycles. The summed E-state index contributed by atoms with van der Waals surface area (Å²) in [5, 5.41) is 13.1. The summed E-state index contributed by atoms with van der Waals surface area (Å²) < 4.78 is 24.3. The number of benzene rings is 1. The van der Waals surface area contributed by atoms with Crippen LogP contribution in [0.5, 0.6) is 0 Å². The van der Waals surface area contributed by atoms with Crippen molar-refractivity contribution in [2.45, 2.75) is 18.4 Å². The number of hydrogen-bond acceptors (Lipinski definition) is 4. The zero-order valence-corrected chi connectivity index (χ0v) is 11.0. The molecule has 0 spiro atoms. The second-order valence-corrected chi connectivity index (χ2v) is 6.19. The predicted octanol–water partition coefficient (Wildman–Crippen LogP) is 1.08. The first kappa shape index (κ1) is 12.8. The lowest BCUT2D eigenvalue weighted by molar-refractivity contribution is 0.282. The quantitative estimate of drug-likeness (QED) is 0.902. The second kappa shape index (κ2) is 4.55. The normalized spacial score (nSPS) is 11.7. The highest BCUT2D eigenvalue weighted by Gasteiger charge is 2.11. The van der Waals surface area contributed by atoms with E-state index in [2.05, 4.69) is 5.10 Å². The number of nitrogens with zero attached hydrogens (tertiary/aromatic N) is 2. The highest BCUT2D eigenvalue weighted by molar-refractivity contribution is 7.90. The Morgan fingerprint density at radius 2 is 2.11 bits per heavy atom. The molecule has 1 N–H and O–H groups in total. The predicted molar refractivity (Wildman–Crippen MR) is 67.3 cm³/mol. The van der Waals surface area contributed by atoms with E-state index in [0.717, 1.165) is 23.1 Å². The van der Waals surface area contributed by atoms with Crippen molar-refractivity contribution in [3.05, 3.63) is 41.7 Å². The molecule has 1 heterocycles. The van der Waals surface area contributed by atoms with Crippen molar-refractivity contribution in [3.8, 4) is 5.69 Å². The molecule has 5 nitrogen and oxygen atoms in total. The van der Waals surface area contributed by atoms with Crippen LogP contribution in [-0.4, -0.2) is 29.6 Å². The number of aryl methyl sites for hydroxylation is 1. The molecule has 0 atom stereocenters. The monoisotopic (exact) mass is 266 g/mol. The van der Waals surface area contributed by atoms with Gasteiger partial charge in [-0.2, -0.15) is 5.10 Å². The number of aliphatic hydroxyl groups is 1. The van der Waals surface area contributed by atoms with E-state index >= 15 is 0 Å². The van der Waals surface area contributed by atoms with Crippen LogP contribution >= 0.6 is 0 Å². The fraction of sp³-hybridized carbons (Fsp3) is 0.250. The van der Waals surface area contributed by atoms with Gasteiger partial charge in [-0.05, 0) is 24.1 Å². The van der Waals surface area contributed by atoms with E-state index in [4.69, 9.17) is 5.11 Å². The molecule has 0 aliphatic heterocycles. The van der Waals surface area contributed by atoms with Crippen molar-refractivity contribution in [1.29, 1.82) is 0 Å². The van der Waals surface area contributed by atoms with Crippen molar-refractivity contribution >= 4 is 9.84 Å². The summed E-state index contributed by atoms with van der Waals surface area (Å²) in [5.41, 5.74) is 2.53. The van der Waals surface area contributed by atoms with Crippen molar-refractivity contribution < 1.29 is 13.5 Å². The minimum absolute atomic E-state index is 0.0190. The van der Waals surface area contributed by atoms with E-state index in [-0.39, 0.29) is 11.5 Å².